The van der Waals surface area contributed by atoms with E-state index in [2.05, 4.69) is 40.0 Å². The number of rotatable bonds is 1. The number of hydrogen-bond acceptors (Lipinski definition) is 1. The summed E-state index contributed by atoms with van der Waals surface area (Å²) >= 11 is 0. The van der Waals surface area contributed by atoms with Gasteiger partial charge in [0.2, 0.25) is 0 Å². The highest BCUT2D eigenvalue weighted by Gasteiger charge is 2.18. The minimum atomic E-state index is 0.599. The Kier molecular flexibility index (Phi) is 2.05. The van der Waals surface area contributed by atoms with Gasteiger partial charge in [-0.1, -0.05) is 24.3 Å². The molecular formula is C13H14N2. The fourth-order valence-electron chi connectivity index (χ4n) is 2.42. The molecule has 0 bridgehead atoms. The van der Waals surface area contributed by atoms with E-state index in [0.717, 1.165) is 6.42 Å². The van der Waals surface area contributed by atoms with E-state index in [-0.39, 0.29) is 0 Å². The second-order valence-corrected chi connectivity index (χ2v) is 4.18. The molecule has 0 spiro atoms. The third-order valence-electron chi connectivity index (χ3n) is 3.27. The molecule has 0 amide bonds. The van der Waals surface area contributed by atoms with Gasteiger partial charge in [0.25, 0.3) is 0 Å². The minimum Gasteiger partial charge on any atom is -0.334 e. The van der Waals surface area contributed by atoms with Crippen molar-refractivity contribution in [2.24, 2.45) is 0 Å². The third kappa shape index (κ3) is 1.56. The van der Waals surface area contributed by atoms with Gasteiger partial charge < -0.3 is 4.57 Å². The summed E-state index contributed by atoms with van der Waals surface area (Å²) in [5, 5.41) is 0. The average molecular weight is 198 g/mol. The number of aryl methyl sites for hydroxylation is 1. The van der Waals surface area contributed by atoms with Gasteiger partial charge in [0.05, 0.1) is 6.33 Å². The Bertz CT molecular complexity index is 445. The van der Waals surface area contributed by atoms with Crippen LogP contribution in [0.3, 0.4) is 0 Å². The molecule has 1 aliphatic rings. The van der Waals surface area contributed by atoms with E-state index in [1.165, 1.54) is 24.0 Å². The molecular weight excluding hydrogens is 184 g/mol. The summed E-state index contributed by atoms with van der Waals surface area (Å²) in [4.78, 5) is 4.12. The van der Waals surface area contributed by atoms with Crippen LogP contribution in [0.1, 0.15) is 23.6 Å². The van der Waals surface area contributed by atoms with E-state index in [1.54, 1.807) is 0 Å². The van der Waals surface area contributed by atoms with Gasteiger partial charge >= 0.3 is 0 Å². The topological polar surface area (TPSA) is 17.8 Å². The molecule has 2 aromatic rings. The Labute approximate surface area is 89.6 Å². The van der Waals surface area contributed by atoms with Crippen LogP contribution >= 0.6 is 0 Å². The van der Waals surface area contributed by atoms with Crippen LogP contribution in [-0.4, -0.2) is 9.55 Å². The second kappa shape index (κ2) is 3.54. The van der Waals surface area contributed by atoms with Crippen LogP contribution in [0.2, 0.25) is 0 Å². The SMILES string of the molecule is c1ccc2c(c1)CC[C@@H](n1ccnc1)C2. The summed E-state index contributed by atoms with van der Waals surface area (Å²) in [6.45, 7) is 0. The Morgan fingerprint density at radius 1 is 1.20 bits per heavy atom. The zero-order valence-electron chi connectivity index (χ0n) is 8.63. The maximum Gasteiger partial charge on any atom is 0.0948 e. The normalized spacial score (nSPS) is 19.9. The van der Waals surface area contributed by atoms with Crippen molar-refractivity contribution in [3.05, 3.63) is 54.1 Å². The quantitative estimate of drug-likeness (QED) is 0.688. The third-order valence-corrected chi connectivity index (χ3v) is 3.27. The number of nitrogens with zero attached hydrogens (tertiary/aromatic N) is 2. The van der Waals surface area contributed by atoms with Gasteiger partial charge in [0.15, 0.2) is 0 Å². The lowest BCUT2D eigenvalue weighted by atomic mass is 9.88. The van der Waals surface area contributed by atoms with Crippen LogP contribution in [0, 0.1) is 0 Å². The first kappa shape index (κ1) is 8.72. The molecule has 0 aliphatic heterocycles. The van der Waals surface area contributed by atoms with Crippen LogP contribution in [-0.2, 0) is 12.8 Å². The zero-order valence-corrected chi connectivity index (χ0v) is 8.63. The van der Waals surface area contributed by atoms with Crippen molar-refractivity contribution >= 4 is 0 Å². The van der Waals surface area contributed by atoms with Crippen molar-refractivity contribution in [2.75, 3.05) is 0 Å². The van der Waals surface area contributed by atoms with Crippen molar-refractivity contribution in [3.63, 3.8) is 0 Å². The Morgan fingerprint density at radius 3 is 2.87 bits per heavy atom. The van der Waals surface area contributed by atoms with Gasteiger partial charge in [-0.15, -0.1) is 0 Å². The molecule has 0 radical (unpaired) electrons. The number of fused-ring (bicyclic) bond motifs is 1. The number of benzene rings is 1. The lowest BCUT2D eigenvalue weighted by Gasteiger charge is -2.25. The predicted octanol–water partition coefficient (Wildman–Crippen LogP) is 2.61. The molecule has 1 atom stereocenters. The fraction of sp³-hybridized carbons (Fsp3) is 0.308. The number of imidazole rings is 1. The molecule has 1 aliphatic carbocycles. The Morgan fingerprint density at radius 2 is 2.07 bits per heavy atom. The summed E-state index contributed by atoms with van der Waals surface area (Å²) in [7, 11) is 0. The highest BCUT2D eigenvalue weighted by molar-refractivity contribution is 5.30. The first-order valence-corrected chi connectivity index (χ1v) is 5.48. The van der Waals surface area contributed by atoms with Crippen LogP contribution < -0.4 is 0 Å². The molecule has 3 rings (SSSR count). The fourth-order valence-corrected chi connectivity index (χ4v) is 2.42. The molecule has 2 heteroatoms. The van der Waals surface area contributed by atoms with Gasteiger partial charge in [-0.05, 0) is 30.4 Å². The highest BCUT2D eigenvalue weighted by Crippen LogP contribution is 2.28. The van der Waals surface area contributed by atoms with E-state index in [9.17, 15) is 0 Å². The van der Waals surface area contributed by atoms with E-state index in [1.807, 2.05) is 12.5 Å². The van der Waals surface area contributed by atoms with E-state index in [4.69, 9.17) is 0 Å². The van der Waals surface area contributed by atoms with Crippen molar-refractivity contribution < 1.29 is 0 Å². The zero-order chi connectivity index (χ0) is 10.1. The van der Waals surface area contributed by atoms with Gasteiger partial charge in [-0.3, -0.25) is 0 Å². The summed E-state index contributed by atoms with van der Waals surface area (Å²) < 4.78 is 2.23. The standard InChI is InChI=1S/C13H14N2/c1-2-4-12-9-13(6-5-11(12)3-1)15-8-7-14-10-15/h1-4,7-8,10,13H,5-6,9H2/t13-/m1/s1. The Balaban J connectivity index is 1.89. The van der Waals surface area contributed by atoms with Gasteiger partial charge in [0.1, 0.15) is 0 Å². The molecule has 0 unspecified atom stereocenters. The van der Waals surface area contributed by atoms with Crippen LogP contribution in [0.15, 0.2) is 43.0 Å². The average Bonchev–Trinajstić information content (AvgIpc) is 2.82. The van der Waals surface area contributed by atoms with Crippen LogP contribution in [0.4, 0.5) is 0 Å². The van der Waals surface area contributed by atoms with Crippen molar-refractivity contribution in [3.8, 4) is 0 Å². The molecule has 0 N–H and O–H groups in total. The molecule has 0 saturated carbocycles. The van der Waals surface area contributed by atoms with Crippen LogP contribution in [0.25, 0.3) is 0 Å². The molecule has 1 aromatic heterocycles. The summed E-state index contributed by atoms with van der Waals surface area (Å²) in [5.41, 5.74) is 3.02. The Hall–Kier alpha value is -1.57. The van der Waals surface area contributed by atoms with Gasteiger partial charge in [-0.2, -0.15) is 0 Å². The number of hydrogen-bond donors (Lipinski definition) is 0. The summed E-state index contributed by atoms with van der Waals surface area (Å²) in [6.07, 6.45) is 9.43. The molecule has 1 aromatic carbocycles. The first-order chi connectivity index (χ1) is 7.43. The van der Waals surface area contributed by atoms with E-state index >= 15 is 0 Å². The smallest absolute Gasteiger partial charge is 0.0948 e. The lowest BCUT2D eigenvalue weighted by molar-refractivity contribution is 0.442. The maximum absolute atomic E-state index is 4.12. The second-order valence-electron chi connectivity index (χ2n) is 4.18. The maximum atomic E-state index is 4.12. The van der Waals surface area contributed by atoms with Gasteiger partial charge in [-0.25, -0.2) is 4.98 Å². The molecule has 76 valence electrons. The number of aromatic nitrogens is 2. The van der Waals surface area contributed by atoms with Gasteiger partial charge in [0, 0.05) is 18.4 Å². The molecule has 1 heterocycles. The lowest BCUT2D eigenvalue weighted by Crippen LogP contribution is -2.17. The monoisotopic (exact) mass is 198 g/mol. The minimum absolute atomic E-state index is 0.599. The first-order valence-electron chi connectivity index (χ1n) is 5.48. The van der Waals surface area contributed by atoms with E-state index < -0.39 is 0 Å². The molecule has 0 saturated heterocycles. The van der Waals surface area contributed by atoms with E-state index in [0.29, 0.717) is 6.04 Å². The summed E-state index contributed by atoms with van der Waals surface area (Å²) in [6, 6.07) is 9.37. The predicted molar refractivity (Wildman–Crippen MR) is 59.7 cm³/mol. The van der Waals surface area contributed by atoms with Crippen molar-refractivity contribution in [2.45, 2.75) is 25.3 Å². The molecule has 0 fully saturated rings. The molecule has 2 nitrogen and oxygen atoms in total. The highest BCUT2D eigenvalue weighted by atomic mass is 15.0. The summed E-state index contributed by atoms with van der Waals surface area (Å²) in [5.74, 6) is 0. The largest absolute Gasteiger partial charge is 0.334 e. The van der Waals surface area contributed by atoms with Crippen molar-refractivity contribution in [1.29, 1.82) is 0 Å². The van der Waals surface area contributed by atoms with Crippen LogP contribution in [0.5, 0.6) is 0 Å². The molecule has 15 heavy (non-hydrogen) atoms. The van der Waals surface area contributed by atoms with Crippen molar-refractivity contribution in [1.82, 2.24) is 9.55 Å².